The summed E-state index contributed by atoms with van der Waals surface area (Å²) in [6.07, 6.45) is 4.39. The first-order chi connectivity index (χ1) is 14.3. The molecular formula is C18H23N5O4S3. The first-order valence-electron chi connectivity index (χ1n) is 9.35. The van der Waals surface area contributed by atoms with E-state index in [2.05, 4.69) is 20.8 Å². The zero-order chi connectivity index (χ0) is 21.7. The van der Waals surface area contributed by atoms with Crippen LogP contribution in [0, 0.1) is 0 Å². The van der Waals surface area contributed by atoms with Gasteiger partial charge in [-0.2, -0.15) is 0 Å². The number of nitrogens with zero attached hydrogens (tertiary/aromatic N) is 3. The Bertz CT molecular complexity index is 999. The Morgan fingerprint density at radius 3 is 2.47 bits per heavy atom. The van der Waals surface area contributed by atoms with Gasteiger partial charge in [0.15, 0.2) is 4.34 Å². The molecule has 0 unspecified atom stereocenters. The number of carbonyl (C=O) groups is 2. The maximum Gasteiger partial charge on any atom is 0.257 e. The third-order valence-electron chi connectivity index (χ3n) is 4.57. The number of nitrogens with one attached hydrogen (secondary N) is 2. The second-order valence-corrected chi connectivity index (χ2v) is 11.3. The highest BCUT2D eigenvalue weighted by molar-refractivity contribution is 8.01. The van der Waals surface area contributed by atoms with Gasteiger partial charge in [-0.05, 0) is 37.1 Å². The summed E-state index contributed by atoms with van der Waals surface area (Å²) in [6.45, 7) is 0. The lowest BCUT2D eigenvalue weighted by atomic mass is 10.2. The Hall–Kier alpha value is -2.02. The quantitative estimate of drug-likeness (QED) is 0.449. The second kappa shape index (κ2) is 9.86. The molecular weight excluding hydrogens is 446 g/mol. The van der Waals surface area contributed by atoms with Crippen LogP contribution in [0.1, 0.15) is 36.0 Å². The van der Waals surface area contributed by atoms with Crippen molar-refractivity contribution in [2.24, 2.45) is 0 Å². The SMILES string of the molecule is CN(C)S(=O)(=O)c1ccc(C(=O)Nc2nnc(SCC(=O)NC3CCCC3)s2)cc1. The number of benzene rings is 1. The minimum Gasteiger partial charge on any atom is -0.353 e. The molecule has 9 nitrogen and oxygen atoms in total. The zero-order valence-corrected chi connectivity index (χ0v) is 19.1. The van der Waals surface area contributed by atoms with Gasteiger partial charge in [0.05, 0.1) is 10.6 Å². The van der Waals surface area contributed by atoms with Crippen LogP contribution in [0.25, 0.3) is 0 Å². The molecule has 0 radical (unpaired) electrons. The monoisotopic (exact) mass is 469 g/mol. The van der Waals surface area contributed by atoms with E-state index < -0.39 is 15.9 Å². The van der Waals surface area contributed by atoms with E-state index in [1.807, 2.05) is 0 Å². The number of hydrogen-bond acceptors (Lipinski definition) is 8. The normalized spacial score (nSPS) is 14.8. The fourth-order valence-corrected chi connectivity index (χ4v) is 5.40. The number of rotatable bonds is 8. The van der Waals surface area contributed by atoms with Gasteiger partial charge in [-0.15, -0.1) is 10.2 Å². The van der Waals surface area contributed by atoms with Gasteiger partial charge in [-0.3, -0.25) is 14.9 Å². The molecule has 0 atom stereocenters. The van der Waals surface area contributed by atoms with Crippen molar-refractivity contribution in [3.8, 4) is 0 Å². The third-order valence-corrected chi connectivity index (χ3v) is 8.37. The lowest BCUT2D eigenvalue weighted by Gasteiger charge is -2.11. The van der Waals surface area contributed by atoms with Crippen LogP contribution >= 0.6 is 23.1 Å². The summed E-state index contributed by atoms with van der Waals surface area (Å²) in [5, 5.41) is 13.9. The molecule has 1 aliphatic rings. The summed E-state index contributed by atoms with van der Waals surface area (Å²) < 4.78 is 25.9. The Morgan fingerprint density at radius 1 is 1.17 bits per heavy atom. The van der Waals surface area contributed by atoms with Crippen LogP contribution in [-0.2, 0) is 14.8 Å². The summed E-state index contributed by atoms with van der Waals surface area (Å²) >= 11 is 2.45. The number of thioether (sulfide) groups is 1. The highest BCUT2D eigenvalue weighted by Gasteiger charge is 2.19. The molecule has 1 saturated carbocycles. The average molecular weight is 470 g/mol. The van der Waals surface area contributed by atoms with Crippen LogP contribution in [-0.4, -0.2) is 60.6 Å². The van der Waals surface area contributed by atoms with Gasteiger partial charge in [0.1, 0.15) is 0 Å². The molecule has 0 spiro atoms. The Labute approximate surface area is 183 Å². The molecule has 1 fully saturated rings. The van der Waals surface area contributed by atoms with Gasteiger partial charge in [0.2, 0.25) is 21.1 Å². The number of aromatic nitrogens is 2. The third kappa shape index (κ3) is 5.78. The number of hydrogen-bond donors (Lipinski definition) is 2. The highest BCUT2D eigenvalue weighted by atomic mass is 32.2. The van der Waals surface area contributed by atoms with E-state index in [-0.39, 0.29) is 22.6 Å². The lowest BCUT2D eigenvalue weighted by Crippen LogP contribution is -2.33. The van der Waals surface area contributed by atoms with Gasteiger partial charge in [-0.25, -0.2) is 12.7 Å². The largest absolute Gasteiger partial charge is 0.353 e. The number of anilines is 1. The fourth-order valence-electron chi connectivity index (χ4n) is 2.94. The molecule has 12 heteroatoms. The number of sulfonamides is 1. The summed E-state index contributed by atoms with van der Waals surface area (Å²) in [6, 6.07) is 5.93. The summed E-state index contributed by atoms with van der Waals surface area (Å²) in [4.78, 5) is 24.5. The maximum atomic E-state index is 12.4. The average Bonchev–Trinajstić information content (AvgIpc) is 3.38. The van der Waals surface area contributed by atoms with Crippen LogP contribution in [0.5, 0.6) is 0 Å². The van der Waals surface area contributed by atoms with Crippen molar-refractivity contribution in [2.45, 2.75) is 41.0 Å². The zero-order valence-electron chi connectivity index (χ0n) is 16.6. The maximum absolute atomic E-state index is 12.4. The second-order valence-electron chi connectivity index (χ2n) is 6.98. The molecule has 0 aliphatic heterocycles. The van der Waals surface area contributed by atoms with Crippen molar-refractivity contribution >= 4 is 50.1 Å². The van der Waals surface area contributed by atoms with Crippen molar-refractivity contribution in [2.75, 3.05) is 25.2 Å². The van der Waals surface area contributed by atoms with E-state index in [4.69, 9.17) is 0 Å². The molecule has 1 aromatic heterocycles. The molecule has 30 heavy (non-hydrogen) atoms. The molecule has 0 bridgehead atoms. The summed E-state index contributed by atoms with van der Waals surface area (Å²) in [5.74, 6) is -0.197. The molecule has 0 saturated heterocycles. The van der Waals surface area contributed by atoms with E-state index in [0.717, 1.165) is 30.0 Å². The molecule has 1 aromatic carbocycles. The molecule has 2 amide bonds. The van der Waals surface area contributed by atoms with Crippen LogP contribution < -0.4 is 10.6 Å². The molecule has 3 rings (SSSR count). The van der Waals surface area contributed by atoms with Crippen molar-refractivity contribution < 1.29 is 18.0 Å². The topological polar surface area (TPSA) is 121 Å². The van der Waals surface area contributed by atoms with Crippen molar-refractivity contribution in [1.82, 2.24) is 19.8 Å². The van der Waals surface area contributed by atoms with Crippen LogP contribution in [0.3, 0.4) is 0 Å². The minimum atomic E-state index is -3.55. The van der Waals surface area contributed by atoms with Crippen LogP contribution in [0.15, 0.2) is 33.5 Å². The Balaban J connectivity index is 1.52. The van der Waals surface area contributed by atoms with Gasteiger partial charge in [-0.1, -0.05) is 35.9 Å². The van der Waals surface area contributed by atoms with E-state index in [1.54, 1.807) is 0 Å². The number of carbonyl (C=O) groups excluding carboxylic acids is 2. The van der Waals surface area contributed by atoms with Gasteiger partial charge in [0, 0.05) is 25.7 Å². The van der Waals surface area contributed by atoms with Crippen molar-refractivity contribution in [3.05, 3.63) is 29.8 Å². The first-order valence-corrected chi connectivity index (χ1v) is 12.6. The van der Waals surface area contributed by atoms with E-state index >= 15 is 0 Å². The lowest BCUT2D eigenvalue weighted by molar-refractivity contribution is -0.119. The predicted molar refractivity (Wildman–Crippen MR) is 116 cm³/mol. The van der Waals surface area contributed by atoms with Crippen molar-refractivity contribution in [3.63, 3.8) is 0 Å². The molecule has 1 aliphatic carbocycles. The Kier molecular flexibility index (Phi) is 7.45. The summed E-state index contributed by atoms with van der Waals surface area (Å²) in [5.41, 5.74) is 0.299. The van der Waals surface area contributed by atoms with Gasteiger partial charge >= 0.3 is 0 Å². The molecule has 162 valence electrons. The van der Waals surface area contributed by atoms with Crippen molar-refractivity contribution in [1.29, 1.82) is 0 Å². The number of amides is 2. The molecule has 2 aromatic rings. The molecule has 1 heterocycles. The fraction of sp³-hybridized carbons (Fsp3) is 0.444. The minimum absolute atomic E-state index is 0.0274. The smallest absolute Gasteiger partial charge is 0.257 e. The summed E-state index contributed by atoms with van der Waals surface area (Å²) in [7, 11) is -0.663. The van der Waals surface area contributed by atoms with E-state index in [9.17, 15) is 18.0 Å². The van der Waals surface area contributed by atoms with Crippen LogP contribution in [0.4, 0.5) is 5.13 Å². The van der Waals surface area contributed by atoms with E-state index in [1.165, 1.54) is 61.5 Å². The first kappa shape index (κ1) is 22.7. The van der Waals surface area contributed by atoms with Gasteiger partial charge < -0.3 is 5.32 Å². The molecule has 2 N–H and O–H groups in total. The van der Waals surface area contributed by atoms with Crippen LogP contribution in [0.2, 0.25) is 0 Å². The van der Waals surface area contributed by atoms with E-state index in [0.29, 0.717) is 15.0 Å². The predicted octanol–water partition coefficient (Wildman–Crippen LogP) is 2.19. The highest BCUT2D eigenvalue weighted by Crippen LogP contribution is 2.26. The standard InChI is InChI=1S/C18H23N5O4S3/c1-23(2)30(26,27)14-9-7-12(8-10-14)16(25)20-17-21-22-18(29-17)28-11-15(24)19-13-5-3-4-6-13/h7-10,13H,3-6,11H2,1-2H3,(H,19,24)(H,20,21,25). The van der Waals surface area contributed by atoms with Gasteiger partial charge in [0.25, 0.3) is 5.91 Å². The Morgan fingerprint density at radius 2 is 1.83 bits per heavy atom.